The van der Waals surface area contributed by atoms with Crippen LogP contribution in [0.2, 0.25) is 0 Å². The molecule has 0 aliphatic carbocycles. The van der Waals surface area contributed by atoms with Gasteiger partial charge in [0.2, 0.25) is 12.7 Å². The number of imide groups is 1. The molecule has 2 aliphatic heterocycles. The Kier molecular flexibility index (Phi) is 5.25. The first-order valence-electron chi connectivity index (χ1n) is 7.49. The van der Waals surface area contributed by atoms with Gasteiger partial charge in [-0.05, 0) is 35.5 Å². The quantitative estimate of drug-likeness (QED) is 0.758. The summed E-state index contributed by atoms with van der Waals surface area (Å²) in [6.45, 7) is 0.395. The molecule has 0 radical (unpaired) electrons. The highest BCUT2D eigenvalue weighted by Gasteiger charge is 2.34. The molecule has 3 rings (SSSR count). The molecule has 3 amide bonds. The summed E-state index contributed by atoms with van der Waals surface area (Å²) in [7, 11) is 1.41. The van der Waals surface area contributed by atoms with Crippen LogP contribution in [-0.4, -0.2) is 55.6 Å². The van der Waals surface area contributed by atoms with E-state index >= 15 is 0 Å². The molecule has 1 fully saturated rings. The minimum Gasteiger partial charge on any atom is -0.454 e. The molecular weight excluding hydrogens is 348 g/mol. The van der Waals surface area contributed by atoms with Gasteiger partial charge in [-0.2, -0.15) is 0 Å². The molecule has 1 aromatic carbocycles. The first-order valence-corrected chi connectivity index (χ1v) is 8.31. The van der Waals surface area contributed by atoms with Crippen LogP contribution in [0.25, 0.3) is 6.08 Å². The molecule has 9 heteroatoms. The van der Waals surface area contributed by atoms with E-state index in [9.17, 15) is 14.4 Å². The van der Waals surface area contributed by atoms with Gasteiger partial charge in [-0.3, -0.25) is 19.3 Å². The molecule has 1 N–H and O–H groups in total. The molecule has 0 saturated carbocycles. The van der Waals surface area contributed by atoms with E-state index < -0.39 is 0 Å². The average Bonchev–Trinajstić information content (AvgIpc) is 3.14. The summed E-state index contributed by atoms with van der Waals surface area (Å²) >= 11 is 0.868. The zero-order valence-electron chi connectivity index (χ0n) is 13.4. The summed E-state index contributed by atoms with van der Waals surface area (Å²) in [4.78, 5) is 37.1. The van der Waals surface area contributed by atoms with Crippen LogP contribution in [0.15, 0.2) is 23.1 Å². The molecule has 2 aliphatic rings. The second kappa shape index (κ2) is 7.58. The van der Waals surface area contributed by atoms with Gasteiger partial charge in [0.1, 0.15) is 6.61 Å². The van der Waals surface area contributed by atoms with Crippen LogP contribution in [0.1, 0.15) is 5.56 Å². The second-order valence-corrected chi connectivity index (χ2v) is 6.22. The maximum Gasteiger partial charge on any atom is 0.293 e. The molecule has 0 aromatic heterocycles. The van der Waals surface area contributed by atoms with Crippen LogP contribution in [0.5, 0.6) is 11.5 Å². The number of benzene rings is 1. The summed E-state index contributed by atoms with van der Waals surface area (Å²) in [5.41, 5.74) is 0.739. The Morgan fingerprint density at radius 1 is 1.36 bits per heavy atom. The standard InChI is InChI=1S/C16H16N2O6S/c1-22-8-14(19)17-4-5-18-15(20)13(25-16(18)21)7-10-2-3-11-12(6-10)24-9-23-11/h2-3,6-7H,4-5,8-9H2,1H3,(H,17,19)/b13-7-. The molecule has 0 bridgehead atoms. The first-order chi connectivity index (χ1) is 12.1. The smallest absolute Gasteiger partial charge is 0.293 e. The second-order valence-electron chi connectivity index (χ2n) is 5.23. The number of carbonyl (C=O) groups is 3. The fraction of sp³-hybridized carbons (Fsp3) is 0.312. The fourth-order valence-electron chi connectivity index (χ4n) is 2.34. The molecule has 25 heavy (non-hydrogen) atoms. The van der Waals surface area contributed by atoms with Crippen LogP contribution in [0.4, 0.5) is 4.79 Å². The Morgan fingerprint density at radius 2 is 2.16 bits per heavy atom. The number of carbonyl (C=O) groups excluding carboxylic acids is 3. The van der Waals surface area contributed by atoms with Gasteiger partial charge in [-0.15, -0.1) is 0 Å². The third-order valence-corrected chi connectivity index (χ3v) is 4.41. The topological polar surface area (TPSA) is 94.2 Å². The SMILES string of the molecule is COCC(=O)NCCN1C(=O)S/C(=C\c2ccc3c(c2)OCO3)C1=O. The third kappa shape index (κ3) is 3.94. The van der Waals surface area contributed by atoms with Crippen molar-refractivity contribution in [1.29, 1.82) is 0 Å². The minimum atomic E-state index is -0.381. The van der Waals surface area contributed by atoms with E-state index in [0.717, 1.165) is 22.2 Å². The number of rotatable bonds is 6. The van der Waals surface area contributed by atoms with Gasteiger partial charge in [-0.1, -0.05) is 6.07 Å². The molecule has 0 unspecified atom stereocenters. The number of ether oxygens (including phenoxy) is 3. The van der Waals surface area contributed by atoms with Crippen LogP contribution in [0, 0.1) is 0 Å². The van der Waals surface area contributed by atoms with Crippen LogP contribution in [-0.2, 0) is 14.3 Å². The Bertz CT molecular complexity index is 748. The molecule has 1 saturated heterocycles. The van der Waals surface area contributed by atoms with Crippen molar-refractivity contribution in [3.8, 4) is 11.5 Å². The predicted molar refractivity (Wildman–Crippen MR) is 90.1 cm³/mol. The van der Waals surface area contributed by atoms with Gasteiger partial charge in [0.05, 0.1) is 4.91 Å². The number of fused-ring (bicyclic) bond motifs is 1. The van der Waals surface area contributed by atoms with Crippen molar-refractivity contribution in [3.63, 3.8) is 0 Å². The normalized spacial score (nSPS) is 17.5. The zero-order valence-corrected chi connectivity index (χ0v) is 14.3. The molecular formula is C16H16N2O6S. The Labute approximate surface area is 148 Å². The van der Waals surface area contributed by atoms with Gasteiger partial charge in [-0.25, -0.2) is 0 Å². The molecule has 8 nitrogen and oxygen atoms in total. The highest BCUT2D eigenvalue weighted by atomic mass is 32.2. The van der Waals surface area contributed by atoms with Crippen molar-refractivity contribution in [2.24, 2.45) is 0 Å². The lowest BCUT2D eigenvalue weighted by Gasteiger charge is -2.12. The third-order valence-electron chi connectivity index (χ3n) is 3.50. The number of nitrogens with one attached hydrogen (secondary N) is 1. The van der Waals surface area contributed by atoms with Crippen molar-refractivity contribution >= 4 is 34.9 Å². The van der Waals surface area contributed by atoms with E-state index in [4.69, 9.17) is 14.2 Å². The highest BCUT2D eigenvalue weighted by Crippen LogP contribution is 2.36. The van der Waals surface area contributed by atoms with E-state index in [0.29, 0.717) is 16.4 Å². The van der Waals surface area contributed by atoms with Crippen molar-refractivity contribution in [2.45, 2.75) is 0 Å². The van der Waals surface area contributed by atoms with Gasteiger partial charge < -0.3 is 19.5 Å². The fourth-order valence-corrected chi connectivity index (χ4v) is 3.20. The molecule has 0 spiro atoms. The van der Waals surface area contributed by atoms with Crippen molar-refractivity contribution in [2.75, 3.05) is 33.6 Å². The monoisotopic (exact) mass is 364 g/mol. The van der Waals surface area contributed by atoms with Crippen molar-refractivity contribution in [1.82, 2.24) is 10.2 Å². The number of thioether (sulfide) groups is 1. The average molecular weight is 364 g/mol. The lowest BCUT2D eigenvalue weighted by atomic mass is 10.2. The maximum atomic E-state index is 12.4. The van der Waals surface area contributed by atoms with Gasteiger partial charge >= 0.3 is 0 Å². The van der Waals surface area contributed by atoms with E-state index in [1.807, 2.05) is 0 Å². The van der Waals surface area contributed by atoms with Crippen LogP contribution >= 0.6 is 11.8 Å². The predicted octanol–water partition coefficient (Wildman–Crippen LogP) is 1.21. The van der Waals surface area contributed by atoms with Crippen molar-refractivity contribution < 1.29 is 28.6 Å². The molecule has 1 aromatic rings. The molecule has 132 valence electrons. The lowest BCUT2D eigenvalue weighted by Crippen LogP contribution is -2.38. The van der Waals surface area contributed by atoms with Gasteiger partial charge in [0.15, 0.2) is 11.5 Å². The first kappa shape index (κ1) is 17.3. The largest absolute Gasteiger partial charge is 0.454 e. The molecule has 2 heterocycles. The minimum absolute atomic E-state index is 0.0636. The lowest BCUT2D eigenvalue weighted by molar-refractivity contribution is -0.126. The summed E-state index contributed by atoms with van der Waals surface area (Å²) in [5, 5.41) is 2.21. The Hall–Kier alpha value is -2.52. The number of hydrogen-bond donors (Lipinski definition) is 1. The number of amides is 3. The maximum absolute atomic E-state index is 12.4. The molecule has 0 atom stereocenters. The van der Waals surface area contributed by atoms with Gasteiger partial charge in [0.25, 0.3) is 11.1 Å². The Balaban J connectivity index is 1.63. The van der Waals surface area contributed by atoms with Crippen LogP contribution < -0.4 is 14.8 Å². The number of hydrogen-bond acceptors (Lipinski definition) is 7. The number of nitrogens with zero attached hydrogens (tertiary/aromatic N) is 1. The van der Waals surface area contributed by atoms with E-state index in [-0.39, 0.29) is 43.5 Å². The summed E-state index contributed by atoms with van der Waals surface area (Å²) in [6.07, 6.45) is 1.64. The zero-order chi connectivity index (χ0) is 17.8. The summed E-state index contributed by atoms with van der Waals surface area (Å²) < 4.78 is 15.2. The van der Waals surface area contributed by atoms with Crippen LogP contribution in [0.3, 0.4) is 0 Å². The van der Waals surface area contributed by atoms with Crippen molar-refractivity contribution in [3.05, 3.63) is 28.7 Å². The highest BCUT2D eigenvalue weighted by molar-refractivity contribution is 8.18. The van der Waals surface area contributed by atoms with Gasteiger partial charge in [0, 0.05) is 20.2 Å². The summed E-state index contributed by atoms with van der Waals surface area (Å²) in [6, 6.07) is 5.29. The number of methoxy groups -OCH3 is 1. The van der Waals surface area contributed by atoms with E-state index in [2.05, 4.69) is 5.32 Å². The van der Waals surface area contributed by atoms with E-state index in [1.165, 1.54) is 7.11 Å². The van der Waals surface area contributed by atoms with E-state index in [1.54, 1.807) is 24.3 Å². The Morgan fingerprint density at radius 3 is 2.96 bits per heavy atom. The summed E-state index contributed by atoms with van der Waals surface area (Å²) in [5.74, 6) is 0.574.